The Morgan fingerprint density at radius 3 is 2.69 bits per heavy atom. The highest BCUT2D eigenvalue weighted by atomic mass is 35.5. The summed E-state index contributed by atoms with van der Waals surface area (Å²) in [4.78, 5) is 15.2. The van der Waals surface area contributed by atoms with Crippen LogP contribution in [0.4, 0.5) is 0 Å². The lowest BCUT2D eigenvalue weighted by Gasteiger charge is -2.04. The van der Waals surface area contributed by atoms with Crippen molar-refractivity contribution in [1.29, 1.82) is 0 Å². The molecule has 0 saturated heterocycles. The molecule has 0 atom stereocenters. The fraction of sp³-hybridized carbons (Fsp3) is 0.667. The Balaban J connectivity index is 2.27. The van der Waals surface area contributed by atoms with Crippen LogP contribution in [0.5, 0.6) is 0 Å². The van der Waals surface area contributed by atoms with Gasteiger partial charge < -0.3 is 4.57 Å². The molecule has 1 aromatic rings. The minimum Gasteiger partial charge on any atom is -0.311 e. The van der Waals surface area contributed by atoms with Gasteiger partial charge in [0.25, 0.3) is 5.56 Å². The maximum atomic E-state index is 11.5. The van der Waals surface area contributed by atoms with Gasteiger partial charge in [-0.05, 0) is 6.42 Å². The van der Waals surface area contributed by atoms with Crippen molar-refractivity contribution >= 4 is 11.6 Å². The average Bonchev–Trinajstić information content (AvgIpc) is 2.29. The Hall–Kier alpha value is -0.830. The quantitative estimate of drug-likeness (QED) is 0.688. The van der Waals surface area contributed by atoms with Crippen molar-refractivity contribution in [3.05, 3.63) is 27.9 Å². The van der Waals surface area contributed by atoms with Gasteiger partial charge in [-0.15, -0.1) is 0 Å². The van der Waals surface area contributed by atoms with E-state index in [0.29, 0.717) is 0 Å². The largest absolute Gasteiger partial charge is 0.311 e. The summed E-state index contributed by atoms with van der Waals surface area (Å²) in [7, 11) is 0. The molecule has 1 rings (SSSR count). The van der Waals surface area contributed by atoms with Crippen LogP contribution in [0.25, 0.3) is 0 Å². The van der Waals surface area contributed by atoms with E-state index in [2.05, 4.69) is 11.9 Å². The zero-order valence-corrected chi connectivity index (χ0v) is 10.5. The van der Waals surface area contributed by atoms with Crippen LogP contribution in [0.15, 0.2) is 17.2 Å². The number of nitrogens with zero attached hydrogens (tertiary/aromatic N) is 2. The predicted octanol–water partition coefficient (Wildman–Crippen LogP) is 3.26. The fourth-order valence-electron chi connectivity index (χ4n) is 1.66. The van der Waals surface area contributed by atoms with E-state index >= 15 is 0 Å². The minimum atomic E-state index is -0.183. The summed E-state index contributed by atoms with van der Waals surface area (Å²) in [5.74, 6) is 0. The van der Waals surface area contributed by atoms with Crippen molar-refractivity contribution in [2.75, 3.05) is 0 Å². The number of rotatable bonds is 7. The monoisotopic (exact) mass is 242 g/mol. The highest BCUT2D eigenvalue weighted by molar-refractivity contribution is 6.29. The molecule has 0 aliphatic carbocycles. The van der Waals surface area contributed by atoms with Crippen LogP contribution in [0.3, 0.4) is 0 Å². The highest BCUT2D eigenvalue weighted by Crippen LogP contribution is 2.05. The smallest absolute Gasteiger partial charge is 0.288 e. The van der Waals surface area contributed by atoms with Crippen LogP contribution in [0.1, 0.15) is 45.4 Å². The first-order valence-corrected chi connectivity index (χ1v) is 6.34. The van der Waals surface area contributed by atoms with Crippen LogP contribution >= 0.6 is 11.6 Å². The second-order valence-corrected chi connectivity index (χ2v) is 4.34. The topological polar surface area (TPSA) is 34.9 Å². The summed E-state index contributed by atoms with van der Waals surface area (Å²) in [5.41, 5.74) is -0.183. The van der Waals surface area contributed by atoms with E-state index in [0.717, 1.165) is 13.0 Å². The summed E-state index contributed by atoms with van der Waals surface area (Å²) in [6, 6.07) is 0. The second-order valence-electron chi connectivity index (χ2n) is 3.98. The molecule has 0 spiro atoms. The fourth-order valence-corrected chi connectivity index (χ4v) is 1.82. The van der Waals surface area contributed by atoms with Gasteiger partial charge in [0.05, 0.1) is 0 Å². The second kappa shape index (κ2) is 7.44. The molecule has 16 heavy (non-hydrogen) atoms. The molecule has 0 amide bonds. The number of unbranched alkanes of at least 4 members (excludes halogenated alkanes) is 5. The number of hydrogen-bond donors (Lipinski definition) is 0. The molecule has 1 heterocycles. The predicted molar refractivity (Wildman–Crippen MR) is 66.9 cm³/mol. The summed E-state index contributed by atoms with van der Waals surface area (Å²) in [6.45, 7) is 2.95. The first-order chi connectivity index (χ1) is 7.75. The Kier molecular flexibility index (Phi) is 6.16. The van der Waals surface area contributed by atoms with E-state index in [1.165, 1.54) is 32.1 Å². The van der Waals surface area contributed by atoms with E-state index in [-0.39, 0.29) is 10.7 Å². The van der Waals surface area contributed by atoms with Crippen LogP contribution in [0.2, 0.25) is 5.15 Å². The van der Waals surface area contributed by atoms with Gasteiger partial charge in [0.15, 0.2) is 5.15 Å². The van der Waals surface area contributed by atoms with E-state index in [4.69, 9.17) is 11.6 Å². The summed E-state index contributed by atoms with van der Waals surface area (Å²) in [6.07, 6.45) is 10.6. The third kappa shape index (κ3) is 4.35. The lowest BCUT2D eigenvalue weighted by Crippen LogP contribution is -2.20. The molecule has 0 unspecified atom stereocenters. The molecule has 0 aromatic carbocycles. The van der Waals surface area contributed by atoms with Crippen molar-refractivity contribution in [3.63, 3.8) is 0 Å². The first-order valence-electron chi connectivity index (χ1n) is 5.96. The van der Waals surface area contributed by atoms with E-state index in [1.807, 2.05) is 0 Å². The number of aryl methyl sites for hydroxylation is 1. The van der Waals surface area contributed by atoms with Crippen LogP contribution in [-0.4, -0.2) is 9.55 Å². The van der Waals surface area contributed by atoms with E-state index in [1.54, 1.807) is 17.0 Å². The highest BCUT2D eigenvalue weighted by Gasteiger charge is 2.00. The van der Waals surface area contributed by atoms with Crippen molar-refractivity contribution in [2.24, 2.45) is 0 Å². The van der Waals surface area contributed by atoms with Crippen LogP contribution < -0.4 is 5.56 Å². The molecular weight excluding hydrogens is 224 g/mol. The van der Waals surface area contributed by atoms with Crippen LogP contribution in [-0.2, 0) is 6.54 Å². The minimum absolute atomic E-state index is 0.0634. The van der Waals surface area contributed by atoms with Gasteiger partial charge in [-0.3, -0.25) is 4.79 Å². The van der Waals surface area contributed by atoms with Gasteiger partial charge >= 0.3 is 0 Å². The molecular formula is C12H19ClN2O. The summed E-state index contributed by atoms with van der Waals surface area (Å²) < 4.78 is 1.63. The zero-order chi connectivity index (χ0) is 11.8. The summed E-state index contributed by atoms with van der Waals surface area (Å²) >= 11 is 5.65. The van der Waals surface area contributed by atoms with Gasteiger partial charge in [0.1, 0.15) is 0 Å². The first kappa shape index (κ1) is 13.2. The van der Waals surface area contributed by atoms with Gasteiger partial charge in [0.2, 0.25) is 0 Å². The molecule has 0 radical (unpaired) electrons. The van der Waals surface area contributed by atoms with Gasteiger partial charge in [-0.25, -0.2) is 4.98 Å². The maximum Gasteiger partial charge on any atom is 0.288 e. The van der Waals surface area contributed by atoms with Gasteiger partial charge in [0, 0.05) is 18.9 Å². The van der Waals surface area contributed by atoms with E-state index in [9.17, 15) is 4.79 Å². The molecule has 0 N–H and O–H groups in total. The Morgan fingerprint density at radius 1 is 1.25 bits per heavy atom. The molecule has 0 fully saturated rings. The Labute approximate surface area is 101 Å². The molecule has 4 heteroatoms. The zero-order valence-electron chi connectivity index (χ0n) is 9.79. The maximum absolute atomic E-state index is 11.5. The SMILES string of the molecule is CCCCCCCCn1ccnc(Cl)c1=O. The lowest BCUT2D eigenvalue weighted by atomic mass is 10.1. The Bertz CT molecular complexity index is 362. The molecule has 0 aliphatic heterocycles. The molecule has 90 valence electrons. The molecule has 1 aromatic heterocycles. The van der Waals surface area contributed by atoms with Crippen molar-refractivity contribution in [2.45, 2.75) is 52.0 Å². The number of halogens is 1. The average molecular weight is 243 g/mol. The number of aromatic nitrogens is 2. The van der Waals surface area contributed by atoms with Crippen LogP contribution in [0, 0.1) is 0 Å². The molecule has 0 aliphatic rings. The van der Waals surface area contributed by atoms with Gasteiger partial charge in [-0.1, -0.05) is 50.6 Å². The molecule has 0 saturated carbocycles. The number of hydrogen-bond acceptors (Lipinski definition) is 2. The van der Waals surface area contributed by atoms with Crippen molar-refractivity contribution < 1.29 is 0 Å². The molecule has 0 bridgehead atoms. The van der Waals surface area contributed by atoms with Crippen molar-refractivity contribution in [1.82, 2.24) is 9.55 Å². The Morgan fingerprint density at radius 2 is 1.94 bits per heavy atom. The molecule has 3 nitrogen and oxygen atoms in total. The van der Waals surface area contributed by atoms with Gasteiger partial charge in [-0.2, -0.15) is 0 Å². The third-order valence-electron chi connectivity index (χ3n) is 2.62. The lowest BCUT2D eigenvalue weighted by molar-refractivity contribution is 0.548. The standard InChI is InChI=1S/C12H19ClN2O/c1-2-3-4-5-6-7-9-15-10-8-14-11(13)12(15)16/h8,10H,2-7,9H2,1H3. The van der Waals surface area contributed by atoms with Crippen molar-refractivity contribution in [3.8, 4) is 0 Å². The normalized spacial score (nSPS) is 10.6. The third-order valence-corrected chi connectivity index (χ3v) is 2.88. The summed E-state index contributed by atoms with van der Waals surface area (Å²) in [5, 5.41) is 0.0634. The van der Waals surface area contributed by atoms with E-state index < -0.39 is 0 Å².